The number of methoxy groups -OCH3 is 2. The number of benzene rings is 3. The van der Waals surface area contributed by atoms with E-state index in [1.54, 1.807) is 30.3 Å². The van der Waals surface area contributed by atoms with E-state index in [1.165, 1.54) is 38.5 Å². The van der Waals surface area contributed by atoms with E-state index < -0.39 is 15.9 Å². The Kier molecular flexibility index (Phi) is 6.27. The van der Waals surface area contributed by atoms with Gasteiger partial charge in [-0.3, -0.25) is 9.52 Å². The van der Waals surface area contributed by atoms with Gasteiger partial charge in [-0.15, -0.1) is 0 Å². The SMILES string of the molecule is COc1ccc(OC)c(S(=O)(=O)Nc2ccccc2C(=O)NCc2ccc3c(c2)OCO3)c1. The first-order chi connectivity index (χ1) is 15.9. The van der Waals surface area contributed by atoms with Gasteiger partial charge in [0.1, 0.15) is 16.4 Å². The van der Waals surface area contributed by atoms with Crippen LogP contribution >= 0.6 is 0 Å². The van der Waals surface area contributed by atoms with E-state index in [4.69, 9.17) is 18.9 Å². The second-order valence-corrected chi connectivity index (χ2v) is 8.69. The van der Waals surface area contributed by atoms with Crippen LogP contribution in [0.25, 0.3) is 0 Å². The van der Waals surface area contributed by atoms with Gasteiger partial charge >= 0.3 is 0 Å². The van der Waals surface area contributed by atoms with Crippen LogP contribution in [-0.2, 0) is 16.6 Å². The molecule has 0 bridgehead atoms. The Morgan fingerprint density at radius 1 is 0.970 bits per heavy atom. The third-order valence-corrected chi connectivity index (χ3v) is 6.35. The molecule has 4 rings (SSSR count). The number of anilines is 1. The molecular weight excluding hydrogens is 448 g/mol. The van der Waals surface area contributed by atoms with Crippen molar-refractivity contribution in [3.05, 3.63) is 71.8 Å². The summed E-state index contributed by atoms with van der Waals surface area (Å²) in [4.78, 5) is 12.8. The van der Waals surface area contributed by atoms with Crippen molar-refractivity contribution in [1.29, 1.82) is 0 Å². The summed E-state index contributed by atoms with van der Waals surface area (Å²) < 4.78 is 49.7. The smallest absolute Gasteiger partial charge is 0.265 e. The van der Waals surface area contributed by atoms with Crippen LogP contribution in [0.15, 0.2) is 65.6 Å². The van der Waals surface area contributed by atoms with Gasteiger partial charge < -0.3 is 24.3 Å². The van der Waals surface area contributed by atoms with Crippen LogP contribution in [0.5, 0.6) is 23.0 Å². The molecule has 0 fully saturated rings. The molecule has 9 nitrogen and oxygen atoms in total. The minimum Gasteiger partial charge on any atom is -0.497 e. The first-order valence-electron chi connectivity index (χ1n) is 9.92. The lowest BCUT2D eigenvalue weighted by Gasteiger charge is -2.15. The number of carbonyl (C=O) groups excluding carboxylic acids is 1. The Morgan fingerprint density at radius 3 is 2.55 bits per heavy atom. The molecule has 1 amide bonds. The summed E-state index contributed by atoms with van der Waals surface area (Å²) in [6.45, 7) is 0.386. The normalized spacial score (nSPS) is 12.2. The molecule has 33 heavy (non-hydrogen) atoms. The van der Waals surface area contributed by atoms with Gasteiger partial charge in [0.05, 0.1) is 25.5 Å². The Hall–Kier alpha value is -3.92. The quantitative estimate of drug-likeness (QED) is 0.520. The lowest BCUT2D eigenvalue weighted by molar-refractivity contribution is 0.0951. The maximum absolute atomic E-state index is 13.1. The molecule has 0 atom stereocenters. The van der Waals surface area contributed by atoms with Crippen LogP contribution in [0.3, 0.4) is 0 Å². The van der Waals surface area contributed by atoms with Crippen LogP contribution in [0.2, 0.25) is 0 Å². The maximum Gasteiger partial charge on any atom is 0.265 e. The second-order valence-electron chi connectivity index (χ2n) is 7.04. The van der Waals surface area contributed by atoms with E-state index >= 15 is 0 Å². The molecule has 0 spiro atoms. The molecule has 0 saturated heterocycles. The number of hydrogen-bond donors (Lipinski definition) is 2. The van der Waals surface area contributed by atoms with Crippen molar-refractivity contribution in [2.45, 2.75) is 11.4 Å². The van der Waals surface area contributed by atoms with E-state index in [0.29, 0.717) is 17.2 Å². The molecule has 0 aromatic heterocycles. The average molecular weight is 471 g/mol. The van der Waals surface area contributed by atoms with Gasteiger partial charge in [-0.1, -0.05) is 18.2 Å². The Morgan fingerprint density at radius 2 is 1.76 bits per heavy atom. The molecule has 0 unspecified atom stereocenters. The largest absolute Gasteiger partial charge is 0.497 e. The van der Waals surface area contributed by atoms with E-state index in [9.17, 15) is 13.2 Å². The molecule has 3 aromatic rings. The highest BCUT2D eigenvalue weighted by atomic mass is 32.2. The summed E-state index contributed by atoms with van der Waals surface area (Å²) in [6.07, 6.45) is 0. The molecule has 3 aromatic carbocycles. The van der Waals surface area contributed by atoms with Crippen LogP contribution in [0.4, 0.5) is 5.69 Å². The number of rotatable bonds is 8. The van der Waals surface area contributed by atoms with Crippen molar-refractivity contribution in [1.82, 2.24) is 5.32 Å². The average Bonchev–Trinajstić information content (AvgIpc) is 3.30. The number of para-hydroxylation sites is 1. The third-order valence-electron chi connectivity index (χ3n) is 4.97. The first-order valence-corrected chi connectivity index (χ1v) is 11.4. The summed E-state index contributed by atoms with van der Waals surface area (Å²) >= 11 is 0. The zero-order valence-electron chi connectivity index (χ0n) is 18.0. The van der Waals surface area contributed by atoms with Crippen LogP contribution in [0.1, 0.15) is 15.9 Å². The highest BCUT2D eigenvalue weighted by molar-refractivity contribution is 7.92. The number of carbonyl (C=O) groups is 1. The second kappa shape index (κ2) is 9.29. The molecule has 172 valence electrons. The molecule has 1 aliphatic heterocycles. The van der Waals surface area contributed by atoms with Crippen molar-refractivity contribution in [3.8, 4) is 23.0 Å². The minimum absolute atomic E-state index is 0.111. The highest BCUT2D eigenvalue weighted by Crippen LogP contribution is 2.33. The zero-order valence-corrected chi connectivity index (χ0v) is 18.8. The van der Waals surface area contributed by atoms with Crippen LogP contribution < -0.4 is 29.0 Å². The number of hydrogen-bond acceptors (Lipinski definition) is 7. The minimum atomic E-state index is -4.08. The summed E-state index contributed by atoms with van der Waals surface area (Å²) in [5.41, 5.74) is 1.11. The number of sulfonamides is 1. The first kappa shape index (κ1) is 22.3. The molecule has 0 saturated carbocycles. The van der Waals surface area contributed by atoms with Crippen molar-refractivity contribution in [2.75, 3.05) is 25.7 Å². The maximum atomic E-state index is 13.1. The molecule has 0 aliphatic carbocycles. The molecule has 2 N–H and O–H groups in total. The topological polar surface area (TPSA) is 112 Å². The van der Waals surface area contributed by atoms with Gasteiger partial charge in [-0.05, 0) is 42.0 Å². The fourth-order valence-electron chi connectivity index (χ4n) is 3.29. The predicted octanol–water partition coefficient (Wildman–Crippen LogP) is 3.16. The lowest BCUT2D eigenvalue weighted by atomic mass is 10.1. The number of ether oxygens (including phenoxy) is 4. The van der Waals surface area contributed by atoms with Gasteiger partial charge in [-0.25, -0.2) is 8.42 Å². The van der Waals surface area contributed by atoms with Gasteiger partial charge in [-0.2, -0.15) is 0 Å². The van der Waals surface area contributed by atoms with E-state index in [1.807, 2.05) is 6.07 Å². The van der Waals surface area contributed by atoms with Crippen molar-refractivity contribution >= 4 is 21.6 Å². The fraction of sp³-hybridized carbons (Fsp3) is 0.174. The highest BCUT2D eigenvalue weighted by Gasteiger charge is 2.23. The molecule has 10 heteroatoms. The molecular formula is C23H22N2O7S. The molecule has 1 aliphatic rings. The number of fused-ring (bicyclic) bond motifs is 1. The van der Waals surface area contributed by atoms with Gasteiger partial charge in [0.25, 0.3) is 15.9 Å². The Balaban J connectivity index is 1.54. The van der Waals surface area contributed by atoms with E-state index in [0.717, 1.165) is 5.56 Å². The summed E-state index contributed by atoms with van der Waals surface area (Å²) in [5.74, 6) is 1.32. The number of nitrogens with one attached hydrogen (secondary N) is 2. The Labute approximate surface area is 191 Å². The molecule has 1 heterocycles. The fourth-order valence-corrected chi connectivity index (χ4v) is 4.56. The van der Waals surface area contributed by atoms with Gasteiger partial charge in [0, 0.05) is 12.6 Å². The van der Waals surface area contributed by atoms with Crippen molar-refractivity contribution in [2.24, 2.45) is 0 Å². The number of amides is 1. The predicted molar refractivity (Wildman–Crippen MR) is 121 cm³/mol. The van der Waals surface area contributed by atoms with Gasteiger partial charge in [0.2, 0.25) is 6.79 Å². The van der Waals surface area contributed by atoms with E-state index in [-0.39, 0.29) is 35.2 Å². The third kappa shape index (κ3) is 4.80. The summed E-state index contributed by atoms with van der Waals surface area (Å²) in [7, 11) is -1.27. The zero-order chi connectivity index (χ0) is 23.4. The lowest BCUT2D eigenvalue weighted by Crippen LogP contribution is -2.25. The van der Waals surface area contributed by atoms with E-state index in [2.05, 4.69) is 10.0 Å². The summed E-state index contributed by atoms with van der Waals surface area (Å²) in [6, 6.07) is 16.2. The van der Waals surface area contributed by atoms with Gasteiger partial charge in [0.15, 0.2) is 11.5 Å². The Bertz CT molecular complexity index is 1290. The standard InChI is InChI=1S/C23H22N2O7S/c1-29-16-8-10-20(30-2)22(12-16)33(27,28)25-18-6-4-3-5-17(18)23(26)24-13-15-7-9-19-21(11-15)32-14-31-19/h3-12,25H,13-14H2,1-2H3,(H,24,26). The van der Waals surface area contributed by atoms with Crippen LogP contribution in [0, 0.1) is 0 Å². The molecule has 0 radical (unpaired) electrons. The van der Waals surface area contributed by atoms with Crippen molar-refractivity contribution < 1.29 is 32.2 Å². The van der Waals surface area contributed by atoms with Crippen LogP contribution in [-0.4, -0.2) is 35.3 Å². The monoisotopic (exact) mass is 470 g/mol. The summed E-state index contributed by atoms with van der Waals surface area (Å²) in [5, 5.41) is 2.80. The van der Waals surface area contributed by atoms with Crippen molar-refractivity contribution in [3.63, 3.8) is 0 Å².